The summed E-state index contributed by atoms with van der Waals surface area (Å²) >= 11 is 5.76. The van der Waals surface area contributed by atoms with Crippen LogP contribution in [-0.2, 0) is 20.9 Å². The zero-order valence-corrected chi connectivity index (χ0v) is 12.1. The molecule has 1 aromatic rings. The van der Waals surface area contributed by atoms with Gasteiger partial charge in [0.15, 0.2) is 0 Å². The molecule has 2 saturated heterocycles. The van der Waals surface area contributed by atoms with Crippen molar-refractivity contribution in [3.05, 3.63) is 17.4 Å². The Hall–Kier alpha value is -1.89. The van der Waals surface area contributed by atoms with E-state index >= 15 is 0 Å². The molecule has 7 nitrogen and oxygen atoms in total. The lowest BCUT2D eigenvalue weighted by Gasteiger charge is -2.20. The van der Waals surface area contributed by atoms with Crippen molar-refractivity contribution >= 4 is 29.3 Å². The minimum Gasteiger partial charge on any atom is -0.342 e. The summed E-state index contributed by atoms with van der Waals surface area (Å²) in [6.07, 6.45) is 4.20. The van der Waals surface area contributed by atoms with E-state index in [1.54, 1.807) is 15.8 Å². The van der Waals surface area contributed by atoms with Crippen LogP contribution in [0.2, 0.25) is 5.02 Å². The van der Waals surface area contributed by atoms with E-state index in [0.29, 0.717) is 37.5 Å². The Morgan fingerprint density at radius 1 is 1.48 bits per heavy atom. The summed E-state index contributed by atoms with van der Waals surface area (Å²) in [5.41, 5.74) is -0.707. The highest BCUT2D eigenvalue weighted by molar-refractivity contribution is 6.30. The van der Waals surface area contributed by atoms with E-state index in [-0.39, 0.29) is 24.1 Å². The molecule has 1 N–H and O–H groups in total. The highest BCUT2D eigenvalue weighted by Crippen LogP contribution is 2.37. The van der Waals surface area contributed by atoms with Crippen LogP contribution < -0.4 is 5.32 Å². The van der Waals surface area contributed by atoms with E-state index in [4.69, 9.17) is 11.6 Å². The molecule has 3 heterocycles. The maximum Gasteiger partial charge on any atom is 0.235 e. The van der Waals surface area contributed by atoms with Crippen LogP contribution in [-0.4, -0.2) is 45.5 Å². The van der Waals surface area contributed by atoms with Crippen LogP contribution in [0.15, 0.2) is 12.4 Å². The van der Waals surface area contributed by atoms with Crippen LogP contribution >= 0.6 is 11.6 Å². The van der Waals surface area contributed by atoms with Gasteiger partial charge in [-0.15, -0.1) is 0 Å². The fourth-order valence-corrected chi connectivity index (χ4v) is 3.09. The topological polar surface area (TPSA) is 84.3 Å². The van der Waals surface area contributed by atoms with Gasteiger partial charge in [0.25, 0.3) is 0 Å². The molecule has 112 valence electrons. The zero-order valence-electron chi connectivity index (χ0n) is 11.3. The number of carbonyl (C=O) groups is 3. The summed E-state index contributed by atoms with van der Waals surface area (Å²) in [5, 5.41) is 6.87. The fourth-order valence-electron chi connectivity index (χ4n) is 2.93. The van der Waals surface area contributed by atoms with Crippen LogP contribution in [0.3, 0.4) is 0 Å². The maximum atomic E-state index is 12.2. The van der Waals surface area contributed by atoms with Crippen molar-refractivity contribution < 1.29 is 14.4 Å². The number of imide groups is 1. The molecule has 0 aromatic carbocycles. The van der Waals surface area contributed by atoms with Crippen molar-refractivity contribution in [1.82, 2.24) is 20.0 Å². The quantitative estimate of drug-likeness (QED) is 0.808. The van der Waals surface area contributed by atoms with Crippen molar-refractivity contribution in [2.75, 3.05) is 13.1 Å². The van der Waals surface area contributed by atoms with Gasteiger partial charge >= 0.3 is 0 Å². The van der Waals surface area contributed by atoms with E-state index in [2.05, 4.69) is 10.4 Å². The zero-order chi connectivity index (χ0) is 15.0. The molecule has 0 saturated carbocycles. The van der Waals surface area contributed by atoms with Crippen molar-refractivity contribution in [3.8, 4) is 0 Å². The lowest BCUT2D eigenvalue weighted by atomic mass is 9.85. The van der Waals surface area contributed by atoms with Crippen LogP contribution in [0.4, 0.5) is 0 Å². The van der Waals surface area contributed by atoms with E-state index < -0.39 is 5.41 Å². The number of amides is 3. The summed E-state index contributed by atoms with van der Waals surface area (Å²) < 4.78 is 1.61. The normalized spacial score (nSPS) is 24.9. The third-order valence-electron chi connectivity index (χ3n) is 4.10. The van der Waals surface area contributed by atoms with Crippen LogP contribution in [0, 0.1) is 5.41 Å². The van der Waals surface area contributed by atoms with E-state index in [9.17, 15) is 14.4 Å². The van der Waals surface area contributed by atoms with Gasteiger partial charge in [0.1, 0.15) is 0 Å². The summed E-state index contributed by atoms with van der Waals surface area (Å²) in [6, 6.07) is 0. The summed E-state index contributed by atoms with van der Waals surface area (Å²) in [7, 11) is 0. The molecule has 3 amide bonds. The Labute approximate surface area is 126 Å². The highest BCUT2D eigenvalue weighted by Gasteiger charge is 2.51. The molecule has 21 heavy (non-hydrogen) atoms. The number of hydrogen-bond donors (Lipinski definition) is 1. The Kier molecular flexibility index (Phi) is 3.44. The third kappa shape index (κ3) is 2.65. The number of rotatable bonds is 3. The first-order valence-corrected chi connectivity index (χ1v) is 7.16. The van der Waals surface area contributed by atoms with E-state index in [1.165, 1.54) is 6.20 Å². The lowest BCUT2D eigenvalue weighted by Crippen LogP contribution is -2.36. The molecule has 2 fully saturated rings. The van der Waals surface area contributed by atoms with Gasteiger partial charge in [0, 0.05) is 38.7 Å². The average Bonchev–Trinajstić information content (AvgIpc) is 3.09. The molecule has 1 atom stereocenters. The molecule has 1 spiro atoms. The van der Waals surface area contributed by atoms with Crippen LogP contribution in [0.1, 0.15) is 19.3 Å². The molecular weight excluding hydrogens is 296 g/mol. The Morgan fingerprint density at radius 2 is 2.29 bits per heavy atom. The molecular formula is C13H15ClN4O3. The number of nitrogens with one attached hydrogen (secondary N) is 1. The Morgan fingerprint density at radius 3 is 2.90 bits per heavy atom. The van der Waals surface area contributed by atoms with Crippen molar-refractivity contribution in [3.63, 3.8) is 0 Å². The number of aryl methyl sites for hydroxylation is 1. The number of carbonyl (C=O) groups excluding carboxylic acids is 3. The number of nitrogens with zero attached hydrogens (tertiary/aromatic N) is 3. The van der Waals surface area contributed by atoms with Gasteiger partial charge < -0.3 is 4.90 Å². The van der Waals surface area contributed by atoms with E-state index in [0.717, 1.165) is 0 Å². The molecule has 0 bridgehead atoms. The SMILES string of the molecule is O=C1C[C@@]2(CCN(C(=O)CCn3cc(Cl)cn3)C2)C(=O)N1. The second-order valence-corrected chi connectivity index (χ2v) is 6.01. The van der Waals surface area contributed by atoms with Crippen molar-refractivity contribution in [1.29, 1.82) is 0 Å². The average molecular weight is 311 g/mol. The van der Waals surface area contributed by atoms with Gasteiger partial charge in [-0.1, -0.05) is 11.6 Å². The third-order valence-corrected chi connectivity index (χ3v) is 4.29. The highest BCUT2D eigenvalue weighted by atomic mass is 35.5. The number of halogens is 1. The largest absolute Gasteiger partial charge is 0.342 e. The first-order chi connectivity index (χ1) is 9.98. The van der Waals surface area contributed by atoms with Gasteiger partial charge in [-0.3, -0.25) is 24.4 Å². The molecule has 2 aliphatic rings. The second kappa shape index (κ2) is 5.14. The standard InChI is InChI=1S/C13H15ClN4O3/c14-9-6-15-18(7-9)3-1-11(20)17-4-2-13(8-17)5-10(19)16-12(13)21/h6-7H,1-5,8H2,(H,16,19,21)/t13-/m1/s1. The molecule has 0 aliphatic carbocycles. The molecule has 0 unspecified atom stereocenters. The van der Waals surface area contributed by atoms with Crippen LogP contribution in [0.5, 0.6) is 0 Å². The maximum absolute atomic E-state index is 12.2. The summed E-state index contributed by atoms with van der Waals surface area (Å²) in [5.74, 6) is -0.534. The number of hydrogen-bond acceptors (Lipinski definition) is 4. The second-order valence-electron chi connectivity index (χ2n) is 5.57. The van der Waals surface area contributed by atoms with Gasteiger partial charge in [0.05, 0.1) is 16.6 Å². The first-order valence-electron chi connectivity index (χ1n) is 6.79. The molecule has 8 heteroatoms. The molecule has 0 radical (unpaired) electrons. The fraction of sp³-hybridized carbons (Fsp3) is 0.538. The number of aromatic nitrogens is 2. The minimum atomic E-state index is -0.707. The number of likely N-dealkylation sites (tertiary alicyclic amines) is 1. The van der Waals surface area contributed by atoms with Crippen LogP contribution in [0.25, 0.3) is 0 Å². The monoisotopic (exact) mass is 310 g/mol. The molecule has 2 aliphatic heterocycles. The van der Waals surface area contributed by atoms with Gasteiger partial charge in [-0.05, 0) is 6.42 Å². The summed E-state index contributed by atoms with van der Waals surface area (Å²) in [4.78, 5) is 37.0. The molecule has 3 rings (SSSR count). The lowest BCUT2D eigenvalue weighted by molar-refractivity contribution is -0.132. The van der Waals surface area contributed by atoms with Gasteiger partial charge in [-0.25, -0.2) is 0 Å². The van der Waals surface area contributed by atoms with Crippen molar-refractivity contribution in [2.45, 2.75) is 25.8 Å². The Balaban J connectivity index is 1.57. The van der Waals surface area contributed by atoms with Crippen molar-refractivity contribution in [2.24, 2.45) is 5.41 Å². The van der Waals surface area contributed by atoms with E-state index in [1.807, 2.05) is 0 Å². The predicted molar refractivity (Wildman–Crippen MR) is 73.3 cm³/mol. The minimum absolute atomic E-state index is 0.0364. The smallest absolute Gasteiger partial charge is 0.235 e. The van der Waals surface area contributed by atoms with Gasteiger partial charge in [0.2, 0.25) is 17.7 Å². The Bertz CT molecular complexity index is 614. The van der Waals surface area contributed by atoms with Gasteiger partial charge in [-0.2, -0.15) is 5.10 Å². The first kappa shape index (κ1) is 14.1. The summed E-state index contributed by atoms with van der Waals surface area (Å²) in [6.45, 7) is 1.28. The molecule has 1 aromatic heterocycles. The predicted octanol–water partition coefficient (Wildman–Crippen LogP) is 0.192.